The standard InChI is InChI=1S/C27H33N5O2/c1-27(2,32(26(33)34)25-18-31-15-13-22(25)14-16-31)23-10-8-21(9-11-23)20-6-3-19(4-7-20)5-12-24-17-28-30-29-24/h3-4,6-11,17,22,25H,5,12-16,18H2,1-2H3,(H,33,34)(H,28,29,30). The van der Waals surface area contributed by atoms with E-state index in [-0.39, 0.29) is 6.04 Å². The molecule has 7 heteroatoms. The Morgan fingerprint density at radius 3 is 2.24 bits per heavy atom. The van der Waals surface area contributed by atoms with Gasteiger partial charge in [0.25, 0.3) is 0 Å². The maximum atomic E-state index is 12.4. The van der Waals surface area contributed by atoms with Gasteiger partial charge < -0.3 is 10.0 Å². The van der Waals surface area contributed by atoms with Crippen LogP contribution in [-0.4, -0.2) is 62.1 Å². The Morgan fingerprint density at radius 2 is 1.71 bits per heavy atom. The molecule has 2 aromatic carbocycles. The number of aryl methyl sites for hydroxylation is 2. The Kier molecular flexibility index (Phi) is 6.13. The fraction of sp³-hybridized carbons (Fsp3) is 0.444. The highest BCUT2D eigenvalue weighted by Crippen LogP contribution is 2.38. The second-order valence-corrected chi connectivity index (χ2v) is 10.2. The van der Waals surface area contributed by atoms with Gasteiger partial charge in [-0.3, -0.25) is 10.00 Å². The number of rotatable bonds is 7. The number of hydrogen-bond acceptors (Lipinski definition) is 4. The van der Waals surface area contributed by atoms with Gasteiger partial charge in [-0.05, 0) is 80.8 Å². The summed E-state index contributed by atoms with van der Waals surface area (Å²) in [6.45, 7) is 7.13. The molecule has 7 nitrogen and oxygen atoms in total. The fourth-order valence-electron chi connectivity index (χ4n) is 5.72. The highest BCUT2D eigenvalue weighted by atomic mass is 16.4. The first-order chi connectivity index (χ1) is 16.4. The lowest BCUT2D eigenvalue weighted by Crippen LogP contribution is -2.62. The predicted molar refractivity (Wildman–Crippen MR) is 132 cm³/mol. The molecule has 3 aliphatic heterocycles. The van der Waals surface area contributed by atoms with Crippen LogP contribution in [-0.2, 0) is 18.4 Å². The number of carbonyl (C=O) groups is 1. The minimum atomic E-state index is -0.825. The van der Waals surface area contributed by atoms with Crippen molar-refractivity contribution in [2.45, 2.75) is 51.1 Å². The van der Waals surface area contributed by atoms with Crippen LogP contribution in [0.5, 0.6) is 0 Å². The smallest absolute Gasteiger partial charge is 0.408 e. The predicted octanol–water partition coefficient (Wildman–Crippen LogP) is 4.57. The van der Waals surface area contributed by atoms with Gasteiger partial charge in [-0.1, -0.05) is 53.7 Å². The highest BCUT2D eigenvalue weighted by Gasteiger charge is 2.45. The number of aromatic nitrogens is 3. The molecule has 1 aromatic heterocycles. The molecule has 3 saturated heterocycles. The second-order valence-electron chi connectivity index (χ2n) is 10.2. The molecule has 178 valence electrons. The molecule has 3 aromatic rings. The fourth-order valence-corrected chi connectivity index (χ4v) is 5.72. The molecule has 3 aliphatic rings. The van der Waals surface area contributed by atoms with Crippen LogP contribution in [0, 0.1) is 5.92 Å². The molecule has 2 N–H and O–H groups in total. The normalized spacial score (nSPS) is 22.0. The van der Waals surface area contributed by atoms with Crippen LogP contribution in [0.2, 0.25) is 0 Å². The van der Waals surface area contributed by atoms with Gasteiger partial charge in [0.05, 0.1) is 17.3 Å². The average molecular weight is 460 g/mol. The van der Waals surface area contributed by atoms with Crippen molar-refractivity contribution in [2.24, 2.45) is 5.92 Å². The SMILES string of the molecule is CC(C)(c1ccc(-c2ccc(CCc3c[nH]nn3)cc2)cc1)N(C(=O)O)C1CN2CCC1CC2. The molecule has 0 spiro atoms. The maximum Gasteiger partial charge on any atom is 0.408 e. The van der Waals surface area contributed by atoms with Gasteiger partial charge in [0.2, 0.25) is 0 Å². The van der Waals surface area contributed by atoms with Crippen LogP contribution in [0.15, 0.2) is 54.7 Å². The van der Waals surface area contributed by atoms with Crippen molar-refractivity contribution < 1.29 is 9.90 Å². The van der Waals surface area contributed by atoms with E-state index in [1.165, 1.54) is 5.56 Å². The molecule has 1 unspecified atom stereocenters. The van der Waals surface area contributed by atoms with E-state index in [0.717, 1.165) is 67.7 Å². The third kappa shape index (κ3) is 4.44. The van der Waals surface area contributed by atoms with Gasteiger partial charge >= 0.3 is 6.09 Å². The van der Waals surface area contributed by atoms with E-state index in [1.807, 2.05) is 20.0 Å². The first-order valence-corrected chi connectivity index (χ1v) is 12.2. The van der Waals surface area contributed by atoms with Gasteiger partial charge in [0, 0.05) is 12.7 Å². The number of benzene rings is 2. The minimum Gasteiger partial charge on any atom is -0.465 e. The highest BCUT2D eigenvalue weighted by molar-refractivity contribution is 5.68. The lowest BCUT2D eigenvalue weighted by atomic mass is 9.80. The summed E-state index contributed by atoms with van der Waals surface area (Å²) >= 11 is 0. The molecule has 3 fully saturated rings. The molecular formula is C27H33N5O2. The van der Waals surface area contributed by atoms with Crippen molar-refractivity contribution in [3.8, 4) is 11.1 Å². The van der Waals surface area contributed by atoms with Crippen molar-refractivity contribution >= 4 is 6.09 Å². The molecule has 0 radical (unpaired) electrons. The molecule has 1 atom stereocenters. The van der Waals surface area contributed by atoms with Crippen LogP contribution < -0.4 is 0 Å². The number of H-pyrrole nitrogens is 1. The largest absolute Gasteiger partial charge is 0.465 e. The Balaban J connectivity index is 1.31. The molecule has 34 heavy (non-hydrogen) atoms. The summed E-state index contributed by atoms with van der Waals surface area (Å²) in [5.74, 6) is 0.461. The van der Waals surface area contributed by atoms with Crippen LogP contribution in [0.4, 0.5) is 4.79 Å². The number of hydrogen-bond donors (Lipinski definition) is 2. The second kappa shape index (κ2) is 9.22. The summed E-state index contributed by atoms with van der Waals surface area (Å²) in [7, 11) is 0. The average Bonchev–Trinajstić information content (AvgIpc) is 3.37. The number of nitrogens with one attached hydrogen (secondary N) is 1. The van der Waals surface area contributed by atoms with Crippen LogP contribution in [0.25, 0.3) is 11.1 Å². The van der Waals surface area contributed by atoms with Gasteiger partial charge in [-0.25, -0.2) is 4.79 Å². The lowest BCUT2D eigenvalue weighted by molar-refractivity contribution is -0.0289. The van der Waals surface area contributed by atoms with Gasteiger partial charge in [0.15, 0.2) is 0 Å². The Hall–Kier alpha value is -3.19. The van der Waals surface area contributed by atoms with E-state index < -0.39 is 11.6 Å². The number of amides is 1. The van der Waals surface area contributed by atoms with Crippen LogP contribution in [0.3, 0.4) is 0 Å². The zero-order valence-electron chi connectivity index (χ0n) is 19.9. The minimum absolute atomic E-state index is 0.0551. The third-order valence-electron chi connectivity index (χ3n) is 7.78. The molecule has 2 bridgehead atoms. The third-order valence-corrected chi connectivity index (χ3v) is 7.78. The van der Waals surface area contributed by atoms with Crippen molar-refractivity contribution in [2.75, 3.05) is 19.6 Å². The summed E-state index contributed by atoms with van der Waals surface area (Å²) in [5, 5.41) is 20.8. The summed E-state index contributed by atoms with van der Waals surface area (Å²) in [4.78, 5) is 16.6. The quantitative estimate of drug-likeness (QED) is 0.541. The topological polar surface area (TPSA) is 85.3 Å². The summed E-state index contributed by atoms with van der Waals surface area (Å²) < 4.78 is 0. The maximum absolute atomic E-state index is 12.4. The van der Waals surface area contributed by atoms with Gasteiger partial charge in [0.1, 0.15) is 0 Å². The Labute approximate surface area is 200 Å². The molecule has 1 amide bonds. The van der Waals surface area contributed by atoms with Crippen LogP contribution in [0.1, 0.15) is 43.5 Å². The van der Waals surface area contributed by atoms with Crippen molar-refractivity contribution in [1.29, 1.82) is 0 Å². The van der Waals surface area contributed by atoms with E-state index >= 15 is 0 Å². The Morgan fingerprint density at radius 1 is 1.06 bits per heavy atom. The van der Waals surface area contributed by atoms with Crippen molar-refractivity contribution in [1.82, 2.24) is 25.2 Å². The summed E-state index contributed by atoms with van der Waals surface area (Å²) in [5.41, 5.74) is 4.95. The monoisotopic (exact) mass is 459 g/mol. The van der Waals surface area contributed by atoms with Gasteiger partial charge in [-0.15, -0.1) is 5.10 Å². The summed E-state index contributed by atoms with van der Waals surface area (Å²) in [6, 6.07) is 17.1. The zero-order chi connectivity index (χ0) is 23.7. The zero-order valence-corrected chi connectivity index (χ0v) is 19.9. The number of aromatic amines is 1. The van der Waals surface area contributed by atoms with E-state index in [1.54, 1.807) is 4.90 Å². The van der Waals surface area contributed by atoms with Crippen molar-refractivity contribution in [3.63, 3.8) is 0 Å². The molecule has 0 saturated carbocycles. The van der Waals surface area contributed by atoms with Crippen molar-refractivity contribution in [3.05, 3.63) is 71.5 Å². The molecule has 4 heterocycles. The number of piperidine rings is 3. The van der Waals surface area contributed by atoms with E-state index in [0.29, 0.717) is 5.92 Å². The van der Waals surface area contributed by atoms with E-state index in [4.69, 9.17) is 0 Å². The van der Waals surface area contributed by atoms with E-state index in [9.17, 15) is 9.90 Å². The number of nitrogens with zero attached hydrogens (tertiary/aromatic N) is 4. The van der Waals surface area contributed by atoms with Crippen LogP contribution >= 0.6 is 0 Å². The number of carboxylic acid groups (broad SMARTS) is 1. The first-order valence-electron chi connectivity index (χ1n) is 12.2. The Bertz CT molecular complexity index is 1100. The number of fused-ring (bicyclic) bond motifs is 3. The first kappa shape index (κ1) is 22.6. The molecular weight excluding hydrogens is 426 g/mol. The van der Waals surface area contributed by atoms with E-state index in [2.05, 4.69) is 68.8 Å². The summed E-state index contributed by atoms with van der Waals surface area (Å²) in [6.07, 6.45) is 4.98. The lowest BCUT2D eigenvalue weighted by Gasteiger charge is -2.52. The van der Waals surface area contributed by atoms with Gasteiger partial charge in [-0.2, -0.15) is 0 Å². The molecule has 6 rings (SSSR count). The molecule has 0 aliphatic carbocycles.